The van der Waals surface area contributed by atoms with Crippen molar-refractivity contribution in [2.24, 2.45) is 0 Å². The number of anilines is 2. The Bertz CT molecular complexity index is 1300. The first-order valence-corrected chi connectivity index (χ1v) is 11.9. The SMILES string of the molecule is Cc1ccc([C@H](CC(=O)O)NC(=O)Nc2c(NC(C)(C)C)ccn(Cc3ccccc3Cl)c2=O)cc1. The molecule has 0 aliphatic carbocycles. The zero-order chi connectivity index (χ0) is 26.5. The zero-order valence-corrected chi connectivity index (χ0v) is 21.5. The highest BCUT2D eigenvalue weighted by Crippen LogP contribution is 2.24. The predicted molar refractivity (Wildman–Crippen MR) is 143 cm³/mol. The van der Waals surface area contributed by atoms with Gasteiger partial charge in [-0.05, 0) is 51.0 Å². The van der Waals surface area contributed by atoms with Crippen LogP contribution < -0.4 is 21.5 Å². The number of benzene rings is 2. The molecule has 3 rings (SSSR count). The Balaban J connectivity index is 1.92. The summed E-state index contributed by atoms with van der Waals surface area (Å²) in [6.45, 7) is 7.95. The Morgan fingerprint density at radius 3 is 2.33 bits per heavy atom. The minimum absolute atomic E-state index is 0.0509. The van der Waals surface area contributed by atoms with Crippen molar-refractivity contribution < 1.29 is 14.7 Å². The van der Waals surface area contributed by atoms with E-state index in [0.29, 0.717) is 16.3 Å². The van der Waals surface area contributed by atoms with Crippen LogP contribution in [-0.2, 0) is 11.3 Å². The van der Waals surface area contributed by atoms with Crippen molar-refractivity contribution in [1.29, 1.82) is 0 Å². The van der Waals surface area contributed by atoms with Gasteiger partial charge in [0, 0.05) is 16.8 Å². The lowest BCUT2D eigenvalue weighted by atomic mass is 10.0. The summed E-state index contributed by atoms with van der Waals surface area (Å²) in [4.78, 5) is 37.9. The van der Waals surface area contributed by atoms with Crippen LogP contribution in [0.25, 0.3) is 0 Å². The van der Waals surface area contributed by atoms with Crippen LogP contribution in [0, 0.1) is 6.92 Å². The number of carbonyl (C=O) groups excluding carboxylic acids is 1. The number of carboxylic acid groups (broad SMARTS) is 1. The maximum Gasteiger partial charge on any atom is 0.319 e. The molecule has 1 atom stereocenters. The van der Waals surface area contributed by atoms with Crippen LogP contribution in [0.1, 0.15) is 49.9 Å². The van der Waals surface area contributed by atoms with Crippen LogP contribution in [-0.4, -0.2) is 27.2 Å². The fourth-order valence-electron chi connectivity index (χ4n) is 3.67. The van der Waals surface area contributed by atoms with Gasteiger partial charge in [0.05, 0.1) is 24.7 Å². The molecule has 0 saturated heterocycles. The number of hydrogen-bond acceptors (Lipinski definition) is 4. The first-order valence-electron chi connectivity index (χ1n) is 11.5. The van der Waals surface area contributed by atoms with Crippen LogP contribution in [0.2, 0.25) is 5.02 Å². The molecule has 9 heteroatoms. The van der Waals surface area contributed by atoms with Gasteiger partial charge in [0.25, 0.3) is 5.56 Å². The number of carbonyl (C=O) groups is 2. The van der Waals surface area contributed by atoms with Crippen molar-refractivity contribution in [1.82, 2.24) is 9.88 Å². The van der Waals surface area contributed by atoms with E-state index in [9.17, 15) is 19.5 Å². The fourth-order valence-corrected chi connectivity index (χ4v) is 3.87. The molecule has 2 aromatic carbocycles. The van der Waals surface area contributed by atoms with Crippen molar-refractivity contribution in [2.45, 2.75) is 52.2 Å². The molecule has 36 heavy (non-hydrogen) atoms. The normalized spacial score (nSPS) is 12.0. The molecule has 0 unspecified atom stereocenters. The van der Waals surface area contributed by atoms with Gasteiger partial charge in [0.1, 0.15) is 5.69 Å². The van der Waals surface area contributed by atoms with E-state index in [1.807, 2.05) is 58.0 Å². The smallest absolute Gasteiger partial charge is 0.319 e. The van der Waals surface area contributed by atoms with Crippen molar-refractivity contribution in [2.75, 3.05) is 10.6 Å². The average molecular weight is 511 g/mol. The summed E-state index contributed by atoms with van der Waals surface area (Å²) in [6.07, 6.45) is 1.33. The third-order valence-corrected chi connectivity index (χ3v) is 5.74. The topological polar surface area (TPSA) is 112 Å². The second kappa shape index (κ2) is 11.3. The number of nitrogens with zero attached hydrogens (tertiary/aromatic N) is 1. The number of amides is 2. The van der Waals surface area contributed by atoms with E-state index in [0.717, 1.165) is 11.1 Å². The molecule has 1 heterocycles. The Morgan fingerprint density at radius 1 is 1.06 bits per heavy atom. The molecule has 1 aromatic heterocycles. The van der Waals surface area contributed by atoms with Crippen LogP contribution in [0.5, 0.6) is 0 Å². The minimum atomic E-state index is -1.06. The molecule has 0 aliphatic rings. The van der Waals surface area contributed by atoms with E-state index in [4.69, 9.17) is 11.6 Å². The summed E-state index contributed by atoms with van der Waals surface area (Å²) in [7, 11) is 0. The fraction of sp³-hybridized carbons (Fsp3) is 0.296. The molecule has 3 aromatic rings. The lowest BCUT2D eigenvalue weighted by molar-refractivity contribution is -0.137. The second-order valence-electron chi connectivity index (χ2n) is 9.66. The molecule has 190 valence electrons. The first-order chi connectivity index (χ1) is 16.9. The molecular formula is C27H31ClN4O4. The summed E-state index contributed by atoms with van der Waals surface area (Å²) >= 11 is 6.28. The largest absolute Gasteiger partial charge is 0.481 e. The van der Waals surface area contributed by atoms with Gasteiger partial charge >= 0.3 is 12.0 Å². The highest BCUT2D eigenvalue weighted by Gasteiger charge is 2.22. The Kier molecular flexibility index (Phi) is 8.42. The number of aromatic nitrogens is 1. The number of urea groups is 1. The lowest BCUT2D eigenvalue weighted by Crippen LogP contribution is -2.37. The number of carboxylic acids is 1. The highest BCUT2D eigenvalue weighted by molar-refractivity contribution is 6.31. The van der Waals surface area contributed by atoms with Gasteiger partial charge in [-0.1, -0.05) is 59.6 Å². The van der Waals surface area contributed by atoms with E-state index in [2.05, 4.69) is 16.0 Å². The quantitative estimate of drug-likeness (QED) is 0.324. The second-order valence-corrected chi connectivity index (χ2v) is 10.1. The number of aryl methyl sites for hydroxylation is 1. The van der Waals surface area contributed by atoms with E-state index in [1.165, 1.54) is 4.57 Å². The molecule has 4 N–H and O–H groups in total. The Hall–Kier alpha value is -3.78. The van der Waals surface area contributed by atoms with Crippen LogP contribution in [0.3, 0.4) is 0 Å². The van der Waals surface area contributed by atoms with Crippen LogP contribution >= 0.6 is 11.6 Å². The van der Waals surface area contributed by atoms with Gasteiger partial charge in [-0.3, -0.25) is 9.59 Å². The Labute approximate surface area is 215 Å². The van der Waals surface area contributed by atoms with Gasteiger partial charge in [-0.15, -0.1) is 0 Å². The Morgan fingerprint density at radius 2 is 1.72 bits per heavy atom. The van der Waals surface area contributed by atoms with Crippen molar-refractivity contribution in [3.8, 4) is 0 Å². The molecule has 0 spiro atoms. The van der Waals surface area contributed by atoms with Gasteiger partial charge in [0.2, 0.25) is 0 Å². The van der Waals surface area contributed by atoms with Crippen LogP contribution in [0.15, 0.2) is 65.6 Å². The summed E-state index contributed by atoms with van der Waals surface area (Å²) < 4.78 is 1.46. The third kappa shape index (κ3) is 7.36. The van der Waals surface area contributed by atoms with Crippen molar-refractivity contribution in [3.05, 3.63) is 92.9 Å². The van der Waals surface area contributed by atoms with Gasteiger partial charge < -0.3 is 25.6 Å². The summed E-state index contributed by atoms with van der Waals surface area (Å²) in [5.74, 6) is -1.06. The standard InChI is InChI=1S/C27H31ClN4O4/c1-17-9-11-18(12-10-17)22(15-23(33)34)29-26(36)30-24-21(31-27(2,3)4)13-14-32(25(24)35)16-19-7-5-6-8-20(19)28/h5-14,22,31H,15-16H2,1-4H3,(H,33,34)(H2,29,30,36)/t22-/m0/s1. The molecule has 8 nitrogen and oxygen atoms in total. The molecule has 0 radical (unpaired) electrons. The van der Waals surface area contributed by atoms with E-state index in [1.54, 1.807) is 30.5 Å². The number of hydrogen-bond donors (Lipinski definition) is 4. The summed E-state index contributed by atoms with van der Waals surface area (Å²) in [5, 5.41) is 18.5. The average Bonchev–Trinajstić information content (AvgIpc) is 2.78. The van der Waals surface area contributed by atoms with Crippen LogP contribution in [0.4, 0.5) is 16.2 Å². The zero-order valence-electron chi connectivity index (χ0n) is 20.8. The maximum atomic E-state index is 13.4. The maximum absolute atomic E-state index is 13.4. The van der Waals surface area contributed by atoms with Gasteiger partial charge in [-0.25, -0.2) is 4.79 Å². The third-order valence-electron chi connectivity index (χ3n) is 5.38. The number of nitrogens with one attached hydrogen (secondary N) is 3. The molecule has 2 amide bonds. The van der Waals surface area contributed by atoms with Crippen molar-refractivity contribution >= 4 is 35.0 Å². The predicted octanol–water partition coefficient (Wildman–Crippen LogP) is 5.41. The molecule has 0 aliphatic heterocycles. The number of rotatable bonds is 8. The number of pyridine rings is 1. The summed E-state index contributed by atoms with van der Waals surface area (Å²) in [5.41, 5.74) is 2.10. The van der Waals surface area contributed by atoms with Gasteiger partial charge in [-0.2, -0.15) is 0 Å². The number of aliphatic carboxylic acids is 1. The molecule has 0 bridgehead atoms. The van der Waals surface area contributed by atoms with E-state index >= 15 is 0 Å². The molecular weight excluding hydrogens is 480 g/mol. The number of halogens is 1. The molecule has 0 saturated carbocycles. The van der Waals surface area contributed by atoms with E-state index in [-0.39, 0.29) is 24.2 Å². The van der Waals surface area contributed by atoms with Crippen molar-refractivity contribution in [3.63, 3.8) is 0 Å². The minimum Gasteiger partial charge on any atom is -0.481 e. The monoisotopic (exact) mass is 510 g/mol. The lowest BCUT2D eigenvalue weighted by Gasteiger charge is -2.25. The highest BCUT2D eigenvalue weighted by atomic mass is 35.5. The first kappa shape index (κ1) is 26.8. The van der Waals surface area contributed by atoms with E-state index < -0.39 is 23.6 Å². The molecule has 0 fully saturated rings. The summed E-state index contributed by atoms with van der Waals surface area (Å²) in [6, 6.07) is 14.7. The van der Waals surface area contributed by atoms with Gasteiger partial charge in [0.15, 0.2) is 0 Å².